The SMILES string of the molecule is N#Cc1cccc(-c2ccc(-c3nc(-c4ccccc4)nc(-c4ccc(-c5cccc(-c6cc(-c7ccc(C8CC9CCC8C9)cc7)nc(-c7ccccc7)n6)c5)cc4)n3)cc2)c1. The van der Waals surface area contributed by atoms with E-state index in [9.17, 15) is 5.26 Å². The van der Waals surface area contributed by atoms with E-state index in [-0.39, 0.29) is 0 Å². The second-order valence-corrected chi connectivity index (χ2v) is 16.8. The first-order valence-electron chi connectivity index (χ1n) is 21.8. The smallest absolute Gasteiger partial charge is 0.164 e. The second kappa shape index (κ2) is 16.5. The highest BCUT2D eigenvalue weighted by molar-refractivity contribution is 5.77. The maximum absolute atomic E-state index is 9.41. The van der Waals surface area contributed by atoms with Gasteiger partial charge in [-0.05, 0) is 89.1 Å². The average Bonchev–Trinajstić information content (AvgIpc) is 4.02. The van der Waals surface area contributed by atoms with Gasteiger partial charge in [0.2, 0.25) is 0 Å². The van der Waals surface area contributed by atoms with E-state index in [1.165, 1.54) is 31.2 Å². The number of benzene rings is 7. The minimum atomic E-state index is 0.587. The van der Waals surface area contributed by atoms with Crippen LogP contribution < -0.4 is 0 Å². The van der Waals surface area contributed by atoms with E-state index in [0.717, 1.165) is 78.9 Å². The zero-order valence-corrected chi connectivity index (χ0v) is 34.6. The van der Waals surface area contributed by atoms with Crippen LogP contribution in [0, 0.1) is 23.2 Å². The largest absolute Gasteiger partial charge is 0.228 e. The summed E-state index contributed by atoms with van der Waals surface area (Å²) < 4.78 is 0. The predicted octanol–water partition coefficient (Wildman–Crippen LogP) is 13.8. The van der Waals surface area contributed by atoms with Gasteiger partial charge < -0.3 is 0 Å². The summed E-state index contributed by atoms with van der Waals surface area (Å²) in [5.74, 6) is 4.96. The molecule has 2 heterocycles. The van der Waals surface area contributed by atoms with E-state index in [1.807, 2.05) is 97.1 Å². The molecule has 0 radical (unpaired) electrons. The highest BCUT2D eigenvalue weighted by Gasteiger charge is 2.40. The predicted molar refractivity (Wildman–Crippen MR) is 252 cm³/mol. The third-order valence-corrected chi connectivity index (χ3v) is 12.9. The van der Waals surface area contributed by atoms with Gasteiger partial charge in [0.15, 0.2) is 23.3 Å². The van der Waals surface area contributed by atoms with E-state index < -0.39 is 0 Å². The van der Waals surface area contributed by atoms with Crippen LogP contribution in [0.25, 0.3) is 90.3 Å². The molecule has 9 aromatic rings. The summed E-state index contributed by atoms with van der Waals surface area (Å²) in [4.78, 5) is 25.2. The van der Waals surface area contributed by atoms with Crippen LogP contribution >= 0.6 is 0 Å². The Morgan fingerprint density at radius 2 is 0.825 bits per heavy atom. The Morgan fingerprint density at radius 1 is 0.365 bits per heavy atom. The number of fused-ring (bicyclic) bond motifs is 2. The quantitative estimate of drug-likeness (QED) is 0.144. The van der Waals surface area contributed by atoms with Crippen LogP contribution in [0.4, 0.5) is 0 Å². The van der Waals surface area contributed by atoms with Crippen molar-refractivity contribution >= 4 is 0 Å². The van der Waals surface area contributed by atoms with Crippen molar-refractivity contribution < 1.29 is 0 Å². The van der Waals surface area contributed by atoms with Crippen LogP contribution in [0.2, 0.25) is 0 Å². The van der Waals surface area contributed by atoms with Crippen molar-refractivity contribution in [3.05, 3.63) is 199 Å². The standard InChI is InChI=1S/C57H42N6/c58-36-38-9-7-14-47(32-38)39-19-27-45(28-20-39)56-61-55(44-12-5-2-6-13-44)62-57(63-56)46-29-21-40(22-30-46)48-15-8-16-50(34-48)53-35-52(59-54(60-53)43-10-3-1-4-11-43)42-25-23-41(24-26-42)51-33-37-17-18-49(51)31-37/h1-16,19-30,32,34-35,37,49,51H,17-18,31,33H2. The third kappa shape index (κ3) is 7.82. The molecule has 2 saturated carbocycles. The maximum atomic E-state index is 9.41. The summed E-state index contributed by atoms with van der Waals surface area (Å²) in [5, 5.41) is 9.41. The summed E-state index contributed by atoms with van der Waals surface area (Å²) in [7, 11) is 0. The van der Waals surface area contributed by atoms with E-state index in [2.05, 4.69) is 97.1 Å². The summed E-state index contributed by atoms with van der Waals surface area (Å²) in [6, 6.07) is 66.6. The molecule has 0 N–H and O–H groups in total. The van der Waals surface area contributed by atoms with Gasteiger partial charge in [0, 0.05) is 33.4 Å². The lowest BCUT2D eigenvalue weighted by molar-refractivity contribution is 0.420. The molecule has 2 aromatic heterocycles. The van der Waals surface area contributed by atoms with Gasteiger partial charge in [0.1, 0.15) is 0 Å². The molecular formula is C57H42N6. The number of nitrogens with zero attached hydrogens (tertiary/aromatic N) is 6. The van der Waals surface area contributed by atoms with Crippen molar-refractivity contribution in [3.63, 3.8) is 0 Å². The molecule has 6 heteroatoms. The Hall–Kier alpha value is -7.88. The van der Waals surface area contributed by atoms with Crippen LogP contribution in [0.5, 0.6) is 0 Å². The second-order valence-electron chi connectivity index (χ2n) is 16.8. The Kier molecular flexibility index (Phi) is 9.99. The summed E-state index contributed by atoms with van der Waals surface area (Å²) in [6.45, 7) is 0. The van der Waals surface area contributed by atoms with Gasteiger partial charge in [0.25, 0.3) is 0 Å². The molecule has 6 nitrogen and oxygen atoms in total. The monoisotopic (exact) mass is 810 g/mol. The van der Waals surface area contributed by atoms with Crippen molar-refractivity contribution in [1.29, 1.82) is 5.26 Å². The van der Waals surface area contributed by atoms with Crippen LogP contribution in [-0.2, 0) is 0 Å². The molecule has 2 fully saturated rings. The number of nitriles is 1. The zero-order valence-electron chi connectivity index (χ0n) is 34.6. The molecule has 2 aliphatic rings. The third-order valence-electron chi connectivity index (χ3n) is 12.9. The lowest BCUT2D eigenvalue weighted by atomic mass is 9.83. The first-order chi connectivity index (χ1) is 31.1. The van der Waals surface area contributed by atoms with Crippen molar-refractivity contribution in [2.75, 3.05) is 0 Å². The molecule has 0 saturated heterocycles. The molecule has 300 valence electrons. The molecule has 3 atom stereocenters. The van der Waals surface area contributed by atoms with Crippen LogP contribution in [0.1, 0.15) is 42.7 Å². The molecule has 0 spiro atoms. The van der Waals surface area contributed by atoms with Crippen LogP contribution in [-0.4, -0.2) is 24.9 Å². The van der Waals surface area contributed by atoms with E-state index >= 15 is 0 Å². The number of hydrogen-bond donors (Lipinski definition) is 0. The van der Waals surface area contributed by atoms with Gasteiger partial charge in [-0.15, -0.1) is 0 Å². The molecule has 2 bridgehead atoms. The summed E-state index contributed by atoms with van der Waals surface area (Å²) in [6.07, 6.45) is 5.53. The molecule has 2 aliphatic carbocycles. The van der Waals surface area contributed by atoms with Gasteiger partial charge in [0.05, 0.1) is 23.0 Å². The molecule has 3 unspecified atom stereocenters. The van der Waals surface area contributed by atoms with Crippen molar-refractivity contribution in [1.82, 2.24) is 24.9 Å². The van der Waals surface area contributed by atoms with Gasteiger partial charge in [-0.3, -0.25) is 0 Å². The topological polar surface area (TPSA) is 88.2 Å². The first-order valence-corrected chi connectivity index (χ1v) is 21.8. The normalized spacial score (nSPS) is 16.5. The molecule has 0 aliphatic heterocycles. The highest BCUT2D eigenvalue weighted by atomic mass is 15.0. The van der Waals surface area contributed by atoms with Crippen molar-refractivity contribution in [3.8, 4) is 96.4 Å². The van der Waals surface area contributed by atoms with Crippen molar-refractivity contribution in [2.45, 2.75) is 31.6 Å². The van der Waals surface area contributed by atoms with E-state index in [0.29, 0.717) is 34.8 Å². The van der Waals surface area contributed by atoms with Crippen LogP contribution in [0.15, 0.2) is 188 Å². The minimum Gasteiger partial charge on any atom is -0.228 e. The van der Waals surface area contributed by atoms with Gasteiger partial charge >= 0.3 is 0 Å². The first kappa shape index (κ1) is 38.1. The van der Waals surface area contributed by atoms with E-state index in [4.69, 9.17) is 24.9 Å². The Labute approximate surface area is 367 Å². The molecule has 7 aromatic carbocycles. The minimum absolute atomic E-state index is 0.587. The van der Waals surface area contributed by atoms with Crippen LogP contribution in [0.3, 0.4) is 0 Å². The number of hydrogen-bond acceptors (Lipinski definition) is 6. The zero-order chi connectivity index (χ0) is 42.1. The molecule has 0 amide bonds. The van der Waals surface area contributed by atoms with Gasteiger partial charge in [-0.2, -0.15) is 5.26 Å². The van der Waals surface area contributed by atoms with Gasteiger partial charge in [-0.1, -0.05) is 170 Å². The fraction of sp³-hybridized carbons (Fsp3) is 0.123. The van der Waals surface area contributed by atoms with E-state index in [1.54, 1.807) is 0 Å². The summed E-state index contributed by atoms with van der Waals surface area (Å²) >= 11 is 0. The maximum Gasteiger partial charge on any atom is 0.164 e. The average molecular weight is 811 g/mol. The van der Waals surface area contributed by atoms with Gasteiger partial charge in [-0.25, -0.2) is 24.9 Å². The lowest BCUT2D eigenvalue weighted by Gasteiger charge is -2.22. The fourth-order valence-corrected chi connectivity index (χ4v) is 9.61. The van der Waals surface area contributed by atoms with Crippen molar-refractivity contribution in [2.24, 2.45) is 11.8 Å². The Bertz CT molecular complexity index is 3120. The Balaban J connectivity index is 0.906. The highest BCUT2D eigenvalue weighted by Crippen LogP contribution is 2.53. The fourth-order valence-electron chi connectivity index (χ4n) is 9.61. The molecule has 63 heavy (non-hydrogen) atoms. The molecule has 11 rings (SSSR count). The lowest BCUT2D eigenvalue weighted by Crippen LogP contribution is -2.08. The summed E-state index contributed by atoms with van der Waals surface area (Å²) in [5.41, 5.74) is 13.8. The Morgan fingerprint density at radius 3 is 1.37 bits per heavy atom. The number of aromatic nitrogens is 5. The number of rotatable bonds is 9. The molecular weight excluding hydrogens is 769 g/mol.